The maximum absolute atomic E-state index is 12.2. The van der Waals surface area contributed by atoms with Gasteiger partial charge in [0.15, 0.2) is 17.3 Å². The van der Waals surface area contributed by atoms with Gasteiger partial charge in [0.2, 0.25) is 0 Å². The highest BCUT2D eigenvalue weighted by Crippen LogP contribution is 2.26. The summed E-state index contributed by atoms with van der Waals surface area (Å²) in [4.78, 5) is 12.2. The molecule has 0 aliphatic carbocycles. The number of phenols is 1. The fourth-order valence-corrected chi connectivity index (χ4v) is 2.00. The zero-order chi connectivity index (χ0) is 16.7. The molecular weight excluding hydrogens is 292 g/mol. The van der Waals surface area contributed by atoms with E-state index in [1.54, 1.807) is 42.5 Å². The molecule has 0 saturated heterocycles. The van der Waals surface area contributed by atoms with E-state index < -0.39 is 0 Å². The van der Waals surface area contributed by atoms with Crippen molar-refractivity contribution >= 4 is 11.9 Å². The number of carbonyl (C=O) groups is 1. The lowest BCUT2D eigenvalue weighted by molar-refractivity contribution is 0.104. The van der Waals surface area contributed by atoms with E-state index in [4.69, 9.17) is 9.47 Å². The largest absolute Gasteiger partial charge is 0.504 e. The lowest BCUT2D eigenvalue weighted by Crippen LogP contribution is -1.97. The first-order valence-corrected chi connectivity index (χ1v) is 7.46. The normalized spacial score (nSPS) is 10.7. The smallest absolute Gasteiger partial charge is 0.185 e. The highest BCUT2D eigenvalue weighted by atomic mass is 16.5. The second kappa shape index (κ2) is 8.03. The number of hydrogen-bond acceptors (Lipinski definition) is 4. The van der Waals surface area contributed by atoms with E-state index in [0.29, 0.717) is 17.9 Å². The van der Waals surface area contributed by atoms with Crippen molar-refractivity contribution in [3.63, 3.8) is 0 Å². The molecule has 0 bridgehead atoms. The molecule has 0 spiro atoms. The predicted molar refractivity (Wildman–Crippen MR) is 90.3 cm³/mol. The van der Waals surface area contributed by atoms with Gasteiger partial charge in [-0.05, 0) is 54.5 Å². The van der Waals surface area contributed by atoms with Gasteiger partial charge in [0.05, 0.1) is 13.7 Å². The molecule has 0 saturated carbocycles. The van der Waals surface area contributed by atoms with Crippen LogP contribution in [0.1, 0.15) is 29.3 Å². The van der Waals surface area contributed by atoms with Crippen molar-refractivity contribution in [3.8, 4) is 17.2 Å². The molecule has 2 aromatic rings. The number of ketones is 1. The Morgan fingerprint density at radius 3 is 2.57 bits per heavy atom. The summed E-state index contributed by atoms with van der Waals surface area (Å²) in [6.07, 6.45) is 4.12. The molecule has 0 unspecified atom stereocenters. The van der Waals surface area contributed by atoms with Crippen molar-refractivity contribution in [3.05, 3.63) is 59.7 Å². The van der Waals surface area contributed by atoms with E-state index >= 15 is 0 Å². The Labute approximate surface area is 136 Å². The van der Waals surface area contributed by atoms with Crippen molar-refractivity contribution in [2.24, 2.45) is 0 Å². The highest BCUT2D eigenvalue weighted by molar-refractivity contribution is 6.06. The van der Waals surface area contributed by atoms with Gasteiger partial charge in [0.1, 0.15) is 5.75 Å². The number of methoxy groups -OCH3 is 1. The SMILES string of the molecule is CCCOc1ccc(C(=O)/C=C/c2ccc(O)c(OC)c2)cc1. The van der Waals surface area contributed by atoms with Crippen LogP contribution in [0.25, 0.3) is 6.08 Å². The van der Waals surface area contributed by atoms with Gasteiger partial charge in [-0.15, -0.1) is 0 Å². The summed E-state index contributed by atoms with van der Waals surface area (Å²) in [5.41, 5.74) is 1.37. The zero-order valence-electron chi connectivity index (χ0n) is 13.3. The molecular formula is C19H20O4. The van der Waals surface area contributed by atoms with Crippen molar-refractivity contribution in [1.29, 1.82) is 0 Å². The van der Waals surface area contributed by atoms with Gasteiger partial charge >= 0.3 is 0 Å². The summed E-state index contributed by atoms with van der Waals surface area (Å²) in [5.74, 6) is 1.10. The lowest BCUT2D eigenvalue weighted by Gasteiger charge is -2.05. The van der Waals surface area contributed by atoms with Gasteiger partial charge in [-0.25, -0.2) is 0 Å². The average Bonchev–Trinajstić information content (AvgIpc) is 2.59. The molecule has 23 heavy (non-hydrogen) atoms. The number of rotatable bonds is 7. The minimum Gasteiger partial charge on any atom is -0.504 e. The first-order valence-electron chi connectivity index (χ1n) is 7.46. The quantitative estimate of drug-likeness (QED) is 0.618. The lowest BCUT2D eigenvalue weighted by atomic mass is 10.1. The number of ether oxygens (including phenoxy) is 2. The van der Waals surface area contributed by atoms with Crippen LogP contribution >= 0.6 is 0 Å². The molecule has 4 heteroatoms. The van der Waals surface area contributed by atoms with E-state index in [-0.39, 0.29) is 11.5 Å². The molecule has 0 aromatic heterocycles. The molecule has 2 aromatic carbocycles. The number of aromatic hydroxyl groups is 1. The van der Waals surface area contributed by atoms with Crippen LogP contribution in [-0.4, -0.2) is 24.6 Å². The van der Waals surface area contributed by atoms with Crippen molar-refractivity contribution < 1.29 is 19.4 Å². The van der Waals surface area contributed by atoms with Crippen molar-refractivity contribution in [2.45, 2.75) is 13.3 Å². The molecule has 0 heterocycles. The highest BCUT2D eigenvalue weighted by Gasteiger charge is 2.04. The van der Waals surface area contributed by atoms with Gasteiger partial charge in [-0.1, -0.05) is 19.1 Å². The van der Waals surface area contributed by atoms with Gasteiger partial charge < -0.3 is 14.6 Å². The first-order chi connectivity index (χ1) is 11.1. The summed E-state index contributed by atoms with van der Waals surface area (Å²) in [7, 11) is 1.48. The van der Waals surface area contributed by atoms with Crippen LogP contribution in [0.5, 0.6) is 17.2 Å². The van der Waals surface area contributed by atoms with Crippen LogP contribution in [0.15, 0.2) is 48.5 Å². The third kappa shape index (κ3) is 4.61. The third-order valence-corrected chi connectivity index (χ3v) is 3.24. The minimum atomic E-state index is -0.0981. The summed E-state index contributed by atoms with van der Waals surface area (Å²) in [5, 5.41) is 9.55. The Morgan fingerprint density at radius 2 is 1.91 bits per heavy atom. The Morgan fingerprint density at radius 1 is 1.17 bits per heavy atom. The number of benzene rings is 2. The molecule has 0 atom stereocenters. The standard InChI is InChI=1S/C19H20O4/c1-3-12-23-16-8-6-15(7-9-16)17(20)10-4-14-5-11-18(21)19(13-14)22-2/h4-11,13,21H,3,12H2,1-2H3/b10-4+. The number of carbonyl (C=O) groups excluding carboxylic acids is 1. The fourth-order valence-electron chi connectivity index (χ4n) is 2.00. The van der Waals surface area contributed by atoms with Gasteiger partial charge in [0, 0.05) is 5.56 Å². The van der Waals surface area contributed by atoms with Crippen LogP contribution in [0.4, 0.5) is 0 Å². The summed E-state index contributed by atoms with van der Waals surface area (Å²) in [6.45, 7) is 2.71. The monoisotopic (exact) mass is 312 g/mol. The van der Waals surface area contributed by atoms with Crippen LogP contribution < -0.4 is 9.47 Å². The third-order valence-electron chi connectivity index (χ3n) is 3.24. The Balaban J connectivity index is 2.06. The molecule has 120 valence electrons. The summed E-state index contributed by atoms with van der Waals surface area (Å²) < 4.78 is 10.5. The molecule has 4 nitrogen and oxygen atoms in total. The molecule has 1 N–H and O–H groups in total. The van der Waals surface area contributed by atoms with Crippen molar-refractivity contribution in [1.82, 2.24) is 0 Å². The Bertz CT molecular complexity index is 687. The fraction of sp³-hybridized carbons (Fsp3) is 0.211. The van der Waals surface area contributed by atoms with Gasteiger partial charge in [-0.2, -0.15) is 0 Å². The van der Waals surface area contributed by atoms with Crippen LogP contribution in [-0.2, 0) is 0 Å². The average molecular weight is 312 g/mol. The summed E-state index contributed by atoms with van der Waals surface area (Å²) in [6, 6.07) is 12.0. The Hall–Kier alpha value is -2.75. The molecule has 2 rings (SSSR count). The predicted octanol–water partition coefficient (Wildman–Crippen LogP) is 4.09. The number of allylic oxidation sites excluding steroid dienone is 1. The Kier molecular flexibility index (Phi) is 5.80. The molecule has 0 amide bonds. The second-order valence-electron chi connectivity index (χ2n) is 5.00. The van der Waals surface area contributed by atoms with E-state index in [9.17, 15) is 9.90 Å². The summed E-state index contributed by atoms with van der Waals surface area (Å²) >= 11 is 0. The molecule has 0 fully saturated rings. The number of phenolic OH excluding ortho intramolecular Hbond substituents is 1. The van der Waals surface area contributed by atoms with E-state index in [2.05, 4.69) is 0 Å². The molecule has 0 aliphatic rings. The topological polar surface area (TPSA) is 55.8 Å². The zero-order valence-corrected chi connectivity index (χ0v) is 13.3. The minimum absolute atomic E-state index is 0.0682. The van der Waals surface area contributed by atoms with E-state index in [0.717, 1.165) is 17.7 Å². The van der Waals surface area contributed by atoms with Crippen LogP contribution in [0.3, 0.4) is 0 Å². The number of hydrogen-bond donors (Lipinski definition) is 1. The van der Waals surface area contributed by atoms with E-state index in [1.165, 1.54) is 19.3 Å². The molecule has 0 radical (unpaired) electrons. The van der Waals surface area contributed by atoms with E-state index in [1.807, 2.05) is 6.92 Å². The molecule has 0 aliphatic heterocycles. The maximum Gasteiger partial charge on any atom is 0.185 e. The van der Waals surface area contributed by atoms with Crippen LogP contribution in [0, 0.1) is 0 Å². The maximum atomic E-state index is 12.2. The van der Waals surface area contributed by atoms with Gasteiger partial charge in [-0.3, -0.25) is 4.79 Å². The second-order valence-corrected chi connectivity index (χ2v) is 5.00. The van der Waals surface area contributed by atoms with Gasteiger partial charge in [0.25, 0.3) is 0 Å². The van der Waals surface area contributed by atoms with Crippen LogP contribution in [0.2, 0.25) is 0 Å². The first kappa shape index (κ1) is 16.6. The van der Waals surface area contributed by atoms with Crippen molar-refractivity contribution in [2.75, 3.05) is 13.7 Å².